The van der Waals surface area contributed by atoms with Gasteiger partial charge in [0.05, 0.1) is 24.7 Å². The minimum Gasteiger partial charge on any atom is -0.412 e. The second-order valence-electron chi connectivity index (χ2n) is 10.2. The monoisotopic (exact) mass is 526 g/mol. The fourth-order valence-electron chi connectivity index (χ4n) is 5.06. The third-order valence-corrected chi connectivity index (χ3v) is 7.23. The molecule has 0 aromatic heterocycles. The van der Waals surface area contributed by atoms with Gasteiger partial charge in [-0.15, -0.1) is 0 Å². The number of aliphatic hydroxyl groups excluding tert-OH is 3. The van der Waals surface area contributed by atoms with Crippen molar-refractivity contribution in [1.82, 2.24) is 10.2 Å². The van der Waals surface area contributed by atoms with E-state index in [2.05, 4.69) is 12.2 Å². The highest BCUT2D eigenvalue weighted by Crippen LogP contribution is 2.31. The number of carbonyl (C=O) groups is 3. The number of hydrogen-bond acceptors (Lipinski definition) is 9. The Hall–Kier alpha value is -2.05. The van der Waals surface area contributed by atoms with Crippen molar-refractivity contribution in [3.8, 4) is 0 Å². The molecule has 3 aliphatic heterocycles. The standard InChI is InChI=1S/C26H42N2O9/c1-3-4-5-6-7-8-9-11-17(36-25-24(33)23(32)22(31)16(2)35-25)14-20(29)27-21(30)15-19-18-12-10-13-28(18)26(34)37-19/h15-18,22-25,31-33H,3-14H2,1-2H3,(H,27,29,30)/b19-15+/t16-,17-,18-,22+,23+,24-,25+/m1/s1. The van der Waals surface area contributed by atoms with Gasteiger partial charge in [-0.3, -0.25) is 19.8 Å². The van der Waals surface area contributed by atoms with Gasteiger partial charge in [-0.2, -0.15) is 0 Å². The Morgan fingerprint density at radius 1 is 1.11 bits per heavy atom. The van der Waals surface area contributed by atoms with Crippen molar-refractivity contribution in [3.63, 3.8) is 0 Å². The van der Waals surface area contributed by atoms with Gasteiger partial charge in [-0.1, -0.05) is 51.9 Å². The Bertz CT molecular complexity index is 820. The summed E-state index contributed by atoms with van der Waals surface area (Å²) in [5.41, 5.74) is 0. The summed E-state index contributed by atoms with van der Waals surface area (Å²) in [6.45, 7) is 4.30. The van der Waals surface area contributed by atoms with Crippen LogP contribution in [0.1, 0.15) is 84.5 Å². The smallest absolute Gasteiger partial charge is 0.412 e. The van der Waals surface area contributed by atoms with E-state index >= 15 is 0 Å². The molecule has 0 unspecified atom stereocenters. The van der Waals surface area contributed by atoms with Gasteiger partial charge in [0, 0.05) is 12.6 Å². The van der Waals surface area contributed by atoms with Crippen LogP contribution < -0.4 is 5.32 Å². The quantitative estimate of drug-likeness (QED) is 0.208. The van der Waals surface area contributed by atoms with Gasteiger partial charge < -0.3 is 29.5 Å². The Morgan fingerprint density at radius 2 is 1.81 bits per heavy atom. The van der Waals surface area contributed by atoms with Crippen molar-refractivity contribution in [3.05, 3.63) is 11.8 Å². The number of nitrogens with one attached hydrogen (secondary N) is 1. The summed E-state index contributed by atoms with van der Waals surface area (Å²) in [6.07, 6.45) is 3.15. The second-order valence-corrected chi connectivity index (χ2v) is 10.2. The van der Waals surface area contributed by atoms with Crippen LogP contribution in [0.3, 0.4) is 0 Å². The minimum absolute atomic E-state index is 0.167. The van der Waals surface area contributed by atoms with E-state index in [0.29, 0.717) is 19.4 Å². The molecule has 3 amide bonds. The van der Waals surface area contributed by atoms with Gasteiger partial charge in [0.1, 0.15) is 24.1 Å². The highest BCUT2D eigenvalue weighted by molar-refractivity contribution is 6.01. The number of imide groups is 1. The molecule has 11 heteroatoms. The van der Waals surface area contributed by atoms with E-state index in [0.717, 1.165) is 38.2 Å². The number of unbranched alkanes of at least 4 members (excludes halogenated alkanes) is 6. The molecule has 0 aliphatic carbocycles. The normalized spacial score (nSPS) is 31.3. The van der Waals surface area contributed by atoms with Crippen molar-refractivity contribution in [2.45, 2.75) is 127 Å². The first-order chi connectivity index (χ1) is 17.7. The van der Waals surface area contributed by atoms with Gasteiger partial charge in [0.15, 0.2) is 6.29 Å². The summed E-state index contributed by atoms with van der Waals surface area (Å²) >= 11 is 0. The van der Waals surface area contributed by atoms with Gasteiger partial charge >= 0.3 is 6.09 Å². The summed E-state index contributed by atoms with van der Waals surface area (Å²) in [6, 6.07) is -0.268. The number of hydrogen-bond donors (Lipinski definition) is 4. The lowest BCUT2D eigenvalue weighted by Gasteiger charge is -2.40. The first kappa shape index (κ1) is 29.5. The van der Waals surface area contributed by atoms with Crippen molar-refractivity contribution in [1.29, 1.82) is 0 Å². The largest absolute Gasteiger partial charge is 0.415 e. The van der Waals surface area contributed by atoms with Gasteiger partial charge in [-0.05, 0) is 26.2 Å². The number of ether oxygens (including phenoxy) is 3. The van der Waals surface area contributed by atoms with Crippen molar-refractivity contribution in [2.75, 3.05) is 6.54 Å². The fraction of sp³-hybridized carbons (Fsp3) is 0.808. The number of cyclic esters (lactones) is 1. The van der Waals surface area contributed by atoms with Gasteiger partial charge in [-0.25, -0.2) is 4.79 Å². The Morgan fingerprint density at radius 3 is 2.54 bits per heavy atom. The zero-order valence-electron chi connectivity index (χ0n) is 21.8. The lowest BCUT2D eigenvalue weighted by atomic mass is 9.99. The zero-order chi connectivity index (χ0) is 26.9. The molecule has 210 valence electrons. The summed E-state index contributed by atoms with van der Waals surface area (Å²) in [5, 5.41) is 32.7. The highest BCUT2D eigenvalue weighted by atomic mass is 16.7. The molecule has 0 aromatic rings. The van der Waals surface area contributed by atoms with Crippen molar-refractivity contribution >= 4 is 17.9 Å². The lowest BCUT2D eigenvalue weighted by Crippen LogP contribution is -2.58. The van der Waals surface area contributed by atoms with E-state index in [-0.39, 0.29) is 18.2 Å². The van der Waals surface area contributed by atoms with Crippen LogP contribution in [0.5, 0.6) is 0 Å². The molecular weight excluding hydrogens is 484 g/mol. The van der Waals surface area contributed by atoms with E-state index < -0.39 is 54.7 Å². The van der Waals surface area contributed by atoms with Crippen LogP contribution in [0, 0.1) is 0 Å². The molecule has 4 N–H and O–H groups in total. The Balaban J connectivity index is 1.55. The molecule has 3 fully saturated rings. The number of nitrogens with zero attached hydrogens (tertiary/aromatic N) is 1. The van der Waals surface area contributed by atoms with Crippen LogP contribution in [0.2, 0.25) is 0 Å². The predicted molar refractivity (Wildman–Crippen MR) is 132 cm³/mol. The van der Waals surface area contributed by atoms with Crippen LogP contribution in [0.25, 0.3) is 0 Å². The van der Waals surface area contributed by atoms with Crippen molar-refractivity contribution in [2.24, 2.45) is 0 Å². The third-order valence-electron chi connectivity index (χ3n) is 7.23. The van der Waals surface area contributed by atoms with E-state index in [1.807, 2.05) is 0 Å². The molecule has 0 aromatic carbocycles. The number of fused-ring (bicyclic) bond motifs is 1. The zero-order valence-corrected chi connectivity index (χ0v) is 21.8. The Kier molecular flexibility index (Phi) is 11.3. The van der Waals surface area contributed by atoms with E-state index in [1.165, 1.54) is 19.3 Å². The summed E-state index contributed by atoms with van der Waals surface area (Å²) < 4.78 is 16.6. The van der Waals surface area contributed by atoms with Gasteiger partial charge in [0.25, 0.3) is 5.91 Å². The van der Waals surface area contributed by atoms with E-state index in [1.54, 1.807) is 11.8 Å². The number of aliphatic hydroxyl groups is 3. The molecule has 0 bridgehead atoms. The molecule has 3 rings (SSSR count). The first-order valence-corrected chi connectivity index (χ1v) is 13.6. The average molecular weight is 527 g/mol. The summed E-state index contributed by atoms with van der Waals surface area (Å²) in [4.78, 5) is 38.6. The summed E-state index contributed by atoms with van der Waals surface area (Å²) in [7, 11) is 0. The molecule has 11 nitrogen and oxygen atoms in total. The molecule has 0 radical (unpaired) electrons. The average Bonchev–Trinajstić information content (AvgIpc) is 3.45. The van der Waals surface area contributed by atoms with E-state index in [9.17, 15) is 29.7 Å². The fourth-order valence-corrected chi connectivity index (χ4v) is 5.06. The van der Waals surface area contributed by atoms with Crippen LogP contribution in [0.4, 0.5) is 4.79 Å². The second kappa shape index (κ2) is 14.2. The van der Waals surface area contributed by atoms with E-state index in [4.69, 9.17) is 14.2 Å². The molecule has 0 saturated carbocycles. The molecule has 7 atom stereocenters. The lowest BCUT2D eigenvalue weighted by molar-refractivity contribution is -0.304. The summed E-state index contributed by atoms with van der Waals surface area (Å²) in [5.74, 6) is -1.03. The predicted octanol–water partition coefficient (Wildman–Crippen LogP) is 1.87. The van der Waals surface area contributed by atoms with Crippen LogP contribution >= 0.6 is 0 Å². The third kappa shape index (κ3) is 8.22. The number of rotatable bonds is 13. The molecular formula is C26H42N2O9. The van der Waals surface area contributed by atoms with Crippen LogP contribution in [-0.4, -0.2) is 87.5 Å². The van der Waals surface area contributed by atoms with Gasteiger partial charge in [0.2, 0.25) is 5.91 Å². The molecule has 3 heterocycles. The maximum atomic E-state index is 12.7. The molecule has 3 saturated heterocycles. The Labute approximate surface area is 218 Å². The SMILES string of the molecule is CCCCCCCCC[C@H](CC(=O)NC(=O)/C=C1/OC(=O)N2CCC[C@H]12)O[C@@H]1O[C@H](C)[C@H](O)[C@H](O)[C@H]1O. The molecule has 3 aliphatic rings. The van der Waals surface area contributed by atoms with Crippen LogP contribution in [0.15, 0.2) is 11.8 Å². The first-order valence-electron chi connectivity index (χ1n) is 13.6. The minimum atomic E-state index is -1.48. The molecule has 0 spiro atoms. The maximum Gasteiger partial charge on any atom is 0.415 e. The number of carbonyl (C=O) groups excluding carboxylic acids is 3. The highest BCUT2D eigenvalue weighted by Gasteiger charge is 2.44. The van der Waals surface area contributed by atoms with Crippen LogP contribution in [-0.2, 0) is 23.8 Å². The van der Waals surface area contributed by atoms with Crippen molar-refractivity contribution < 1.29 is 43.9 Å². The number of amides is 3. The topological polar surface area (TPSA) is 155 Å². The molecule has 37 heavy (non-hydrogen) atoms. The maximum absolute atomic E-state index is 12.7.